The number of nitro groups is 1. The molecule has 0 spiro atoms. The number of nitro benzene ring substituents is 1. The number of anilines is 1. The third-order valence-electron chi connectivity index (χ3n) is 4.61. The Morgan fingerprint density at radius 3 is 2.44 bits per heavy atom. The summed E-state index contributed by atoms with van der Waals surface area (Å²) in [5.74, 6) is -0.0368. The van der Waals surface area contributed by atoms with Crippen LogP contribution >= 0.6 is 0 Å². The van der Waals surface area contributed by atoms with Crippen LogP contribution in [0.3, 0.4) is 0 Å². The first-order valence-corrected chi connectivity index (χ1v) is 8.40. The van der Waals surface area contributed by atoms with Crippen LogP contribution < -0.4 is 10.2 Å². The quantitative estimate of drug-likeness (QED) is 0.685. The fourth-order valence-corrected chi connectivity index (χ4v) is 3.18. The Morgan fingerprint density at radius 2 is 1.84 bits per heavy atom. The molecule has 0 unspecified atom stereocenters. The van der Waals surface area contributed by atoms with Crippen molar-refractivity contribution >= 4 is 17.3 Å². The normalized spacial score (nSPS) is 15.0. The number of hydrogen-bond acceptors (Lipinski definition) is 4. The second-order valence-corrected chi connectivity index (χ2v) is 6.33. The average Bonchev–Trinajstić information content (AvgIpc) is 2.62. The van der Waals surface area contributed by atoms with Gasteiger partial charge in [-0.15, -0.1) is 0 Å². The van der Waals surface area contributed by atoms with E-state index >= 15 is 0 Å². The molecular weight excluding hydrogens is 318 g/mol. The van der Waals surface area contributed by atoms with Crippen LogP contribution in [0, 0.1) is 17.0 Å². The summed E-state index contributed by atoms with van der Waals surface area (Å²) in [6, 6.07) is 14.6. The van der Waals surface area contributed by atoms with Crippen molar-refractivity contribution in [1.29, 1.82) is 0 Å². The third kappa shape index (κ3) is 3.96. The Morgan fingerprint density at radius 1 is 1.16 bits per heavy atom. The van der Waals surface area contributed by atoms with Crippen molar-refractivity contribution < 1.29 is 9.72 Å². The van der Waals surface area contributed by atoms with Crippen LogP contribution in [0.25, 0.3) is 0 Å². The molecule has 1 fully saturated rings. The van der Waals surface area contributed by atoms with Gasteiger partial charge in [-0.3, -0.25) is 14.9 Å². The van der Waals surface area contributed by atoms with Crippen LogP contribution in [0.15, 0.2) is 48.5 Å². The predicted molar refractivity (Wildman–Crippen MR) is 97.0 cm³/mol. The van der Waals surface area contributed by atoms with E-state index in [9.17, 15) is 14.9 Å². The number of amides is 1. The van der Waals surface area contributed by atoms with Crippen LogP contribution in [0.4, 0.5) is 11.4 Å². The maximum Gasteiger partial charge on any atom is 0.272 e. The molecule has 25 heavy (non-hydrogen) atoms. The van der Waals surface area contributed by atoms with Gasteiger partial charge in [0.15, 0.2) is 0 Å². The minimum absolute atomic E-state index is 0.0368. The van der Waals surface area contributed by atoms with Gasteiger partial charge in [0.05, 0.1) is 4.92 Å². The van der Waals surface area contributed by atoms with Gasteiger partial charge in [0, 0.05) is 42.0 Å². The zero-order valence-corrected chi connectivity index (χ0v) is 14.1. The molecule has 0 aliphatic carbocycles. The lowest BCUT2D eigenvalue weighted by Crippen LogP contribution is -2.44. The summed E-state index contributed by atoms with van der Waals surface area (Å²) in [6.45, 7) is 3.39. The van der Waals surface area contributed by atoms with Gasteiger partial charge in [0.1, 0.15) is 0 Å². The summed E-state index contributed by atoms with van der Waals surface area (Å²) in [5, 5.41) is 14.0. The van der Waals surface area contributed by atoms with Crippen LogP contribution in [0.2, 0.25) is 0 Å². The molecule has 0 radical (unpaired) electrons. The molecule has 1 N–H and O–H groups in total. The molecule has 1 aliphatic rings. The molecule has 0 saturated carbocycles. The monoisotopic (exact) mass is 339 g/mol. The number of hydrogen-bond donors (Lipinski definition) is 1. The second kappa shape index (κ2) is 7.34. The molecule has 1 saturated heterocycles. The number of aryl methyl sites for hydroxylation is 1. The van der Waals surface area contributed by atoms with Crippen LogP contribution in [-0.2, 0) is 0 Å². The lowest BCUT2D eigenvalue weighted by molar-refractivity contribution is -0.385. The topological polar surface area (TPSA) is 75.5 Å². The maximum atomic E-state index is 12.2. The summed E-state index contributed by atoms with van der Waals surface area (Å²) in [5.41, 5.74) is 2.49. The van der Waals surface area contributed by atoms with Gasteiger partial charge in [-0.2, -0.15) is 0 Å². The van der Waals surface area contributed by atoms with Gasteiger partial charge >= 0.3 is 0 Å². The van der Waals surface area contributed by atoms with Crippen LogP contribution in [0.5, 0.6) is 0 Å². The number of rotatable bonds is 4. The van der Waals surface area contributed by atoms with Gasteiger partial charge in [0.2, 0.25) is 0 Å². The molecule has 130 valence electrons. The van der Waals surface area contributed by atoms with E-state index in [1.165, 1.54) is 0 Å². The number of nitrogens with zero attached hydrogens (tertiary/aromatic N) is 2. The highest BCUT2D eigenvalue weighted by atomic mass is 16.6. The third-order valence-corrected chi connectivity index (χ3v) is 4.61. The standard InChI is InChI=1S/C19H21N3O3/c1-14-13-17(7-8-18(14)22(24)25)21-11-9-16(10-12-21)20-19(23)15-5-3-2-4-6-15/h2-8,13,16H,9-12H2,1H3,(H,20,23). The van der Waals surface area contributed by atoms with E-state index in [-0.39, 0.29) is 22.6 Å². The Kier molecular flexibility index (Phi) is 4.97. The average molecular weight is 339 g/mol. The number of carbonyl (C=O) groups is 1. The smallest absolute Gasteiger partial charge is 0.272 e. The van der Waals surface area contributed by atoms with Crippen LogP contribution in [0.1, 0.15) is 28.8 Å². The molecule has 2 aromatic rings. The number of nitrogens with one attached hydrogen (secondary N) is 1. The number of carbonyl (C=O) groups excluding carboxylic acids is 1. The molecule has 0 atom stereocenters. The molecule has 6 heteroatoms. The fraction of sp³-hybridized carbons (Fsp3) is 0.316. The number of piperidine rings is 1. The van der Waals surface area contributed by atoms with E-state index in [0.717, 1.165) is 31.6 Å². The summed E-state index contributed by atoms with van der Waals surface area (Å²) in [6.07, 6.45) is 1.71. The molecule has 0 aromatic heterocycles. The van der Waals surface area contributed by atoms with E-state index in [4.69, 9.17) is 0 Å². The van der Waals surface area contributed by atoms with Crippen molar-refractivity contribution in [2.45, 2.75) is 25.8 Å². The van der Waals surface area contributed by atoms with Crippen molar-refractivity contribution in [2.75, 3.05) is 18.0 Å². The van der Waals surface area contributed by atoms with E-state index in [1.54, 1.807) is 19.1 Å². The highest BCUT2D eigenvalue weighted by Crippen LogP contribution is 2.26. The van der Waals surface area contributed by atoms with E-state index in [2.05, 4.69) is 10.2 Å². The Balaban J connectivity index is 1.58. The number of benzene rings is 2. The predicted octanol–water partition coefficient (Wildman–Crippen LogP) is 3.30. The van der Waals surface area contributed by atoms with Crippen molar-refractivity contribution in [2.24, 2.45) is 0 Å². The van der Waals surface area contributed by atoms with E-state index in [1.807, 2.05) is 36.4 Å². The lowest BCUT2D eigenvalue weighted by atomic mass is 10.0. The summed E-state index contributed by atoms with van der Waals surface area (Å²) in [4.78, 5) is 25.0. The van der Waals surface area contributed by atoms with Crippen molar-refractivity contribution in [3.8, 4) is 0 Å². The van der Waals surface area contributed by atoms with Gasteiger partial charge in [-0.1, -0.05) is 18.2 Å². The Labute approximate surface area is 146 Å². The van der Waals surface area contributed by atoms with Crippen LogP contribution in [-0.4, -0.2) is 30.0 Å². The fourth-order valence-electron chi connectivity index (χ4n) is 3.18. The summed E-state index contributed by atoms with van der Waals surface area (Å²) < 4.78 is 0. The molecule has 1 aliphatic heterocycles. The Bertz CT molecular complexity index is 769. The molecule has 0 bridgehead atoms. The molecule has 3 rings (SSSR count). The summed E-state index contributed by atoms with van der Waals surface area (Å²) >= 11 is 0. The minimum Gasteiger partial charge on any atom is -0.371 e. The van der Waals surface area contributed by atoms with Crippen molar-refractivity contribution in [3.05, 3.63) is 69.8 Å². The highest BCUT2D eigenvalue weighted by molar-refractivity contribution is 5.94. The summed E-state index contributed by atoms with van der Waals surface area (Å²) in [7, 11) is 0. The van der Waals surface area contributed by atoms with Gasteiger partial charge in [0.25, 0.3) is 11.6 Å². The lowest BCUT2D eigenvalue weighted by Gasteiger charge is -2.34. The SMILES string of the molecule is Cc1cc(N2CCC(NC(=O)c3ccccc3)CC2)ccc1[N+](=O)[O-]. The minimum atomic E-state index is -0.357. The van der Waals surface area contributed by atoms with Crippen molar-refractivity contribution in [1.82, 2.24) is 5.32 Å². The molecule has 1 amide bonds. The first kappa shape index (κ1) is 17.0. The van der Waals surface area contributed by atoms with Gasteiger partial charge in [-0.05, 0) is 44.0 Å². The molecular formula is C19H21N3O3. The zero-order valence-electron chi connectivity index (χ0n) is 14.1. The Hall–Kier alpha value is -2.89. The molecule has 2 aromatic carbocycles. The highest BCUT2D eigenvalue weighted by Gasteiger charge is 2.22. The molecule has 1 heterocycles. The van der Waals surface area contributed by atoms with E-state index in [0.29, 0.717) is 11.1 Å². The van der Waals surface area contributed by atoms with Gasteiger partial charge in [-0.25, -0.2) is 0 Å². The zero-order chi connectivity index (χ0) is 17.8. The maximum absolute atomic E-state index is 12.2. The second-order valence-electron chi connectivity index (χ2n) is 6.33. The molecule has 6 nitrogen and oxygen atoms in total. The van der Waals surface area contributed by atoms with Crippen molar-refractivity contribution in [3.63, 3.8) is 0 Å². The first-order valence-electron chi connectivity index (χ1n) is 8.40. The van der Waals surface area contributed by atoms with E-state index < -0.39 is 0 Å². The largest absolute Gasteiger partial charge is 0.371 e. The first-order chi connectivity index (χ1) is 12.0. The van der Waals surface area contributed by atoms with Gasteiger partial charge < -0.3 is 10.2 Å².